The lowest BCUT2D eigenvalue weighted by atomic mass is 9.97. The summed E-state index contributed by atoms with van der Waals surface area (Å²) in [6, 6.07) is 0. The Hall–Kier alpha value is -0.260. The molecule has 0 radical (unpaired) electrons. The quantitative estimate of drug-likeness (QED) is 0.775. The Labute approximate surface area is 83.0 Å². The SMILES string of the molecule is CC(C)(CBr)CNC(=O)C(F)(F)F. The van der Waals surface area contributed by atoms with E-state index in [1.807, 2.05) is 5.32 Å². The van der Waals surface area contributed by atoms with Crippen molar-refractivity contribution >= 4 is 21.8 Å². The molecular weight excluding hydrogens is 251 g/mol. The molecule has 1 N–H and O–H groups in total. The van der Waals surface area contributed by atoms with Crippen LogP contribution in [0.1, 0.15) is 13.8 Å². The van der Waals surface area contributed by atoms with Gasteiger partial charge in [0.15, 0.2) is 0 Å². The van der Waals surface area contributed by atoms with Gasteiger partial charge in [-0.2, -0.15) is 13.2 Å². The molecule has 2 nitrogen and oxygen atoms in total. The minimum absolute atomic E-state index is 0.00338. The van der Waals surface area contributed by atoms with E-state index >= 15 is 0 Å². The average Bonchev–Trinajstić information content (AvgIpc) is 1.98. The molecular formula is C7H11BrF3NO. The number of hydrogen-bond donors (Lipinski definition) is 1. The van der Waals surface area contributed by atoms with Crippen LogP contribution in [0, 0.1) is 5.41 Å². The predicted molar refractivity (Wildman–Crippen MR) is 46.6 cm³/mol. The molecule has 0 heterocycles. The molecule has 0 spiro atoms. The fraction of sp³-hybridized carbons (Fsp3) is 0.857. The lowest BCUT2D eigenvalue weighted by Crippen LogP contribution is -2.42. The third kappa shape index (κ3) is 5.13. The summed E-state index contributed by atoms with van der Waals surface area (Å²) in [6.07, 6.45) is -4.79. The Morgan fingerprint density at radius 3 is 2.15 bits per heavy atom. The molecule has 0 saturated heterocycles. The van der Waals surface area contributed by atoms with Crippen LogP contribution in [-0.4, -0.2) is 24.0 Å². The fourth-order valence-electron chi connectivity index (χ4n) is 0.467. The van der Waals surface area contributed by atoms with Crippen molar-refractivity contribution in [2.45, 2.75) is 20.0 Å². The summed E-state index contributed by atoms with van der Waals surface area (Å²) in [4.78, 5) is 10.4. The van der Waals surface area contributed by atoms with Gasteiger partial charge in [-0.15, -0.1) is 0 Å². The van der Waals surface area contributed by atoms with E-state index in [2.05, 4.69) is 15.9 Å². The smallest absolute Gasteiger partial charge is 0.348 e. The molecule has 0 aromatic heterocycles. The Morgan fingerprint density at radius 1 is 1.38 bits per heavy atom. The Kier molecular flexibility index (Phi) is 4.22. The van der Waals surface area contributed by atoms with Gasteiger partial charge in [-0.25, -0.2) is 0 Å². The van der Waals surface area contributed by atoms with Crippen molar-refractivity contribution in [3.63, 3.8) is 0 Å². The molecule has 0 atom stereocenters. The summed E-state index contributed by atoms with van der Waals surface area (Å²) < 4.78 is 35.1. The van der Waals surface area contributed by atoms with E-state index in [0.29, 0.717) is 5.33 Å². The molecule has 78 valence electrons. The molecule has 6 heteroatoms. The van der Waals surface area contributed by atoms with E-state index in [1.54, 1.807) is 13.8 Å². The zero-order valence-electron chi connectivity index (χ0n) is 7.33. The van der Waals surface area contributed by atoms with Crippen LogP contribution >= 0.6 is 15.9 Å². The summed E-state index contributed by atoms with van der Waals surface area (Å²) in [5.74, 6) is -1.89. The standard InChI is InChI=1S/C7H11BrF3NO/c1-6(2,3-8)4-12-5(13)7(9,10)11/h3-4H2,1-2H3,(H,12,13). The molecule has 0 saturated carbocycles. The van der Waals surface area contributed by atoms with Crippen molar-refractivity contribution in [2.24, 2.45) is 5.41 Å². The lowest BCUT2D eigenvalue weighted by molar-refractivity contribution is -0.173. The topological polar surface area (TPSA) is 29.1 Å². The van der Waals surface area contributed by atoms with E-state index in [-0.39, 0.29) is 12.0 Å². The van der Waals surface area contributed by atoms with Crippen LogP contribution in [0.3, 0.4) is 0 Å². The van der Waals surface area contributed by atoms with Gasteiger partial charge in [-0.05, 0) is 5.41 Å². The second-order valence-corrected chi connectivity index (χ2v) is 4.04. The highest BCUT2D eigenvalue weighted by Gasteiger charge is 2.39. The average molecular weight is 262 g/mol. The van der Waals surface area contributed by atoms with Gasteiger partial charge in [0.25, 0.3) is 0 Å². The summed E-state index contributed by atoms with van der Waals surface area (Å²) in [6.45, 7) is 3.49. The van der Waals surface area contributed by atoms with E-state index in [1.165, 1.54) is 0 Å². The Bertz CT molecular complexity index is 191. The van der Waals surface area contributed by atoms with Crippen LogP contribution in [0.25, 0.3) is 0 Å². The minimum Gasteiger partial charge on any atom is -0.348 e. The van der Waals surface area contributed by atoms with Gasteiger partial charge in [-0.1, -0.05) is 29.8 Å². The number of hydrogen-bond acceptors (Lipinski definition) is 1. The van der Waals surface area contributed by atoms with Crippen LogP contribution in [0.4, 0.5) is 13.2 Å². The van der Waals surface area contributed by atoms with Gasteiger partial charge >= 0.3 is 12.1 Å². The van der Waals surface area contributed by atoms with E-state index in [4.69, 9.17) is 0 Å². The summed E-state index contributed by atoms with van der Waals surface area (Å²) in [7, 11) is 0. The maximum absolute atomic E-state index is 11.7. The lowest BCUT2D eigenvalue weighted by Gasteiger charge is -2.22. The van der Waals surface area contributed by atoms with Crippen molar-refractivity contribution in [1.29, 1.82) is 0 Å². The number of amides is 1. The Morgan fingerprint density at radius 2 is 1.85 bits per heavy atom. The highest BCUT2D eigenvalue weighted by Crippen LogP contribution is 2.18. The van der Waals surface area contributed by atoms with Crippen molar-refractivity contribution in [2.75, 3.05) is 11.9 Å². The molecule has 0 aromatic rings. The number of nitrogens with one attached hydrogen (secondary N) is 1. The van der Waals surface area contributed by atoms with E-state index in [9.17, 15) is 18.0 Å². The molecule has 0 bridgehead atoms. The van der Waals surface area contributed by atoms with Crippen molar-refractivity contribution < 1.29 is 18.0 Å². The van der Waals surface area contributed by atoms with Crippen LogP contribution in [-0.2, 0) is 4.79 Å². The molecule has 0 aliphatic carbocycles. The summed E-state index contributed by atoms with van der Waals surface area (Å²) in [5.41, 5.74) is -0.374. The summed E-state index contributed by atoms with van der Waals surface area (Å²) >= 11 is 3.14. The van der Waals surface area contributed by atoms with E-state index in [0.717, 1.165) is 0 Å². The maximum atomic E-state index is 11.7. The molecule has 1 amide bonds. The fourth-order valence-corrected chi connectivity index (χ4v) is 0.665. The van der Waals surface area contributed by atoms with Gasteiger partial charge in [0.2, 0.25) is 0 Å². The van der Waals surface area contributed by atoms with Crippen LogP contribution in [0.5, 0.6) is 0 Å². The number of halogens is 4. The zero-order valence-corrected chi connectivity index (χ0v) is 8.92. The first-order valence-electron chi connectivity index (χ1n) is 3.60. The molecule has 0 aliphatic heterocycles. The first kappa shape index (κ1) is 12.7. The van der Waals surface area contributed by atoms with Gasteiger partial charge in [0.05, 0.1) is 0 Å². The van der Waals surface area contributed by atoms with Crippen molar-refractivity contribution in [3.05, 3.63) is 0 Å². The monoisotopic (exact) mass is 261 g/mol. The number of carbonyl (C=O) groups excluding carboxylic acids is 1. The molecule has 0 fully saturated rings. The molecule has 0 aliphatic rings. The second-order valence-electron chi connectivity index (χ2n) is 3.48. The summed E-state index contributed by atoms with van der Waals surface area (Å²) in [5, 5.41) is 2.35. The number of alkyl halides is 4. The van der Waals surface area contributed by atoms with Gasteiger partial charge < -0.3 is 5.32 Å². The maximum Gasteiger partial charge on any atom is 0.471 e. The second kappa shape index (κ2) is 4.30. The van der Waals surface area contributed by atoms with E-state index < -0.39 is 12.1 Å². The predicted octanol–water partition coefficient (Wildman–Crippen LogP) is 2.09. The van der Waals surface area contributed by atoms with Crippen molar-refractivity contribution in [3.8, 4) is 0 Å². The number of rotatable bonds is 3. The number of carbonyl (C=O) groups is 1. The third-order valence-electron chi connectivity index (χ3n) is 1.35. The van der Waals surface area contributed by atoms with Crippen LogP contribution in [0.15, 0.2) is 0 Å². The van der Waals surface area contributed by atoms with Crippen LogP contribution < -0.4 is 5.32 Å². The zero-order chi connectivity index (χ0) is 10.7. The minimum atomic E-state index is -4.79. The highest BCUT2D eigenvalue weighted by atomic mass is 79.9. The van der Waals surface area contributed by atoms with Crippen LogP contribution in [0.2, 0.25) is 0 Å². The first-order chi connectivity index (χ1) is 5.69. The van der Waals surface area contributed by atoms with Gasteiger partial charge in [0, 0.05) is 11.9 Å². The Balaban J connectivity index is 3.98. The van der Waals surface area contributed by atoms with Gasteiger partial charge in [-0.3, -0.25) is 4.79 Å². The molecule has 0 rings (SSSR count). The largest absolute Gasteiger partial charge is 0.471 e. The molecule has 0 aromatic carbocycles. The normalized spacial score (nSPS) is 12.8. The van der Waals surface area contributed by atoms with Gasteiger partial charge in [0.1, 0.15) is 0 Å². The first-order valence-corrected chi connectivity index (χ1v) is 4.72. The molecule has 13 heavy (non-hydrogen) atoms. The highest BCUT2D eigenvalue weighted by molar-refractivity contribution is 9.09. The van der Waals surface area contributed by atoms with Crippen molar-refractivity contribution in [1.82, 2.24) is 5.32 Å². The third-order valence-corrected chi connectivity index (χ3v) is 2.86. The molecule has 0 unspecified atom stereocenters.